The lowest BCUT2D eigenvalue weighted by atomic mass is 10.3. The molecule has 0 radical (unpaired) electrons. The van der Waals surface area contributed by atoms with Gasteiger partial charge >= 0.3 is 0 Å². The SMILES string of the molecule is C\C1=C(P)/C=C\C=C\CCO1. The van der Waals surface area contributed by atoms with E-state index in [4.69, 9.17) is 4.74 Å². The molecule has 2 heteroatoms. The molecule has 1 heterocycles. The fourth-order valence-electron chi connectivity index (χ4n) is 0.815. The first-order valence-electron chi connectivity index (χ1n) is 3.73. The number of hydrogen-bond acceptors (Lipinski definition) is 1. The maximum atomic E-state index is 5.43. The van der Waals surface area contributed by atoms with Crippen LogP contribution in [0.2, 0.25) is 0 Å². The fourth-order valence-corrected chi connectivity index (χ4v) is 1.01. The molecular formula is C9H13OP. The average Bonchev–Trinajstić information content (AvgIpc) is 2.07. The van der Waals surface area contributed by atoms with Gasteiger partial charge in [-0.1, -0.05) is 24.3 Å². The molecule has 0 saturated heterocycles. The van der Waals surface area contributed by atoms with Crippen LogP contribution in [-0.4, -0.2) is 6.61 Å². The van der Waals surface area contributed by atoms with Gasteiger partial charge in [-0.3, -0.25) is 0 Å². The van der Waals surface area contributed by atoms with Crippen molar-refractivity contribution in [2.75, 3.05) is 6.61 Å². The minimum Gasteiger partial charge on any atom is -0.497 e. The van der Waals surface area contributed by atoms with Crippen molar-refractivity contribution in [3.8, 4) is 0 Å². The van der Waals surface area contributed by atoms with Crippen LogP contribution in [0.25, 0.3) is 0 Å². The molecule has 1 unspecified atom stereocenters. The Labute approximate surface area is 70.0 Å². The van der Waals surface area contributed by atoms with E-state index >= 15 is 0 Å². The first kappa shape index (κ1) is 8.55. The van der Waals surface area contributed by atoms with Crippen LogP contribution in [0.5, 0.6) is 0 Å². The number of rotatable bonds is 0. The Balaban J connectivity index is 2.74. The summed E-state index contributed by atoms with van der Waals surface area (Å²) in [5.74, 6) is 0.995. The van der Waals surface area contributed by atoms with E-state index < -0.39 is 0 Å². The minimum absolute atomic E-state index is 0.780. The van der Waals surface area contributed by atoms with Crippen molar-refractivity contribution in [1.29, 1.82) is 0 Å². The predicted octanol–water partition coefficient (Wildman–Crippen LogP) is 2.63. The van der Waals surface area contributed by atoms with Crippen molar-refractivity contribution >= 4 is 9.24 Å². The Morgan fingerprint density at radius 1 is 1.45 bits per heavy atom. The van der Waals surface area contributed by atoms with Crippen LogP contribution in [0.3, 0.4) is 0 Å². The summed E-state index contributed by atoms with van der Waals surface area (Å²) in [6, 6.07) is 0. The van der Waals surface area contributed by atoms with Crippen molar-refractivity contribution in [1.82, 2.24) is 0 Å². The molecule has 1 nitrogen and oxygen atoms in total. The zero-order valence-corrected chi connectivity index (χ0v) is 7.86. The van der Waals surface area contributed by atoms with Gasteiger partial charge in [0.1, 0.15) is 0 Å². The number of hydrogen-bond donors (Lipinski definition) is 0. The Bertz CT molecular complexity index is 214. The maximum Gasteiger partial charge on any atom is 0.1000 e. The highest BCUT2D eigenvalue weighted by Gasteiger charge is 1.94. The molecule has 1 aliphatic heterocycles. The molecule has 1 aliphatic rings. The quantitative estimate of drug-likeness (QED) is 0.505. The second-order valence-electron chi connectivity index (χ2n) is 2.44. The van der Waals surface area contributed by atoms with E-state index in [9.17, 15) is 0 Å². The molecule has 0 saturated carbocycles. The molecule has 0 aromatic rings. The molecule has 0 fully saturated rings. The smallest absolute Gasteiger partial charge is 0.1000 e. The predicted molar refractivity (Wildman–Crippen MR) is 51.3 cm³/mol. The van der Waals surface area contributed by atoms with Crippen LogP contribution >= 0.6 is 9.24 Å². The average molecular weight is 168 g/mol. The van der Waals surface area contributed by atoms with Gasteiger partial charge in [0.15, 0.2) is 0 Å². The first-order valence-corrected chi connectivity index (χ1v) is 4.31. The molecule has 0 amide bonds. The van der Waals surface area contributed by atoms with E-state index in [-0.39, 0.29) is 0 Å². The standard InChI is InChI=1S/C9H13OP/c1-8-9(11)6-4-2-3-5-7-10-8/h2-4,6H,5,7,11H2,1H3/b3-2+,6-4-,9-8-. The lowest BCUT2D eigenvalue weighted by Crippen LogP contribution is -1.90. The maximum absolute atomic E-state index is 5.43. The number of ether oxygens (including phenoxy) is 1. The summed E-state index contributed by atoms with van der Waals surface area (Å²) in [5, 5.41) is 1.12. The van der Waals surface area contributed by atoms with Crippen molar-refractivity contribution in [3.05, 3.63) is 35.4 Å². The molecule has 1 rings (SSSR count). The highest BCUT2D eigenvalue weighted by Crippen LogP contribution is 2.15. The first-order chi connectivity index (χ1) is 5.30. The van der Waals surface area contributed by atoms with Crippen molar-refractivity contribution in [2.24, 2.45) is 0 Å². The summed E-state index contributed by atoms with van der Waals surface area (Å²) < 4.78 is 5.43. The third kappa shape index (κ3) is 2.90. The van der Waals surface area contributed by atoms with Crippen LogP contribution in [-0.2, 0) is 4.74 Å². The summed E-state index contributed by atoms with van der Waals surface area (Å²) in [6.45, 7) is 2.76. The van der Waals surface area contributed by atoms with Crippen LogP contribution in [0.15, 0.2) is 35.4 Å². The fraction of sp³-hybridized carbons (Fsp3) is 0.333. The molecule has 11 heavy (non-hydrogen) atoms. The molecule has 0 N–H and O–H groups in total. The van der Waals surface area contributed by atoms with Gasteiger partial charge < -0.3 is 4.74 Å². The molecular weight excluding hydrogens is 155 g/mol. The van der Waals surface area contributed by atoms with Crippen molar-refractivity contribution in [2.45, 2.75) is 13.3 Å². The topological polar surface area (TPSA) is 9.23 Å². The normalized spacial score (nSPS) is 31.1. The zero-order chi connectivity index (χ0) is 8.10. The van der Waals surface area contributed by atoms with Crippen LogP contribution < -0.4 is 0 Å². The molecule has 0 aliphatic carbocycles. The van der Waals surface area contributed by atoms with E-state index in [0.717, 1.165) is 24.1 Å². The monoisotopic (exact) mass is 168 g/mol. The van der Waals surface area contributed by atoms with Gasteiger partial charge in [-0.15, -0.1) is 9.24 Å². The van der Waals surface area contributed by atoms with Gasteiger partial charge in [0.2, 0.25) is 0 Å². The summed E-state index contributed by atoms with van der Waals surface area (Å²) in [6.07, 6.45) is 9.20. The molecule has 0 aromatic carbocycles. The van der Waals surface area contributed by atoms with Crippen LogP contribution in [0, 0.1) is 0 Å². The van der Waals surface area contributed by atoms with E-state index in [1.807, 2.05) is 25.2 Å². The molecule has 0 spiro atoms. The molecule has 1 atom stereocenters. The van der Waals surface area contributed by atoms with Crippen molar-refractivity contribution < 1.29 is 4.74 Å². The van der Waals surface area contributed by atoms with Crippen LogP contribution in [0.4, 0.5) is 0 Å². The highest BCUT2D eigenvalue weighted by atomic mass is 31.0. The second kappa shape index (κ2) is 4.35. The Morgan fingerprint density at radius 3 is 3.09 bits per heavy atom. The van der Waals surface area contributed by atoms with E-state index in [2.05, 4.69) is 15.3 Å². The van der Waals surface area contributed by atoms with Gasteiger partial charge in [-0.25, -0.2) is 0 Å². The Hall–Kier alpha value is -0.550. The van der Waals surface area contributed by atoms with Gasteiger partial charge in [0.25, 0.3) is 0 Å². The van der Waals surface area contributed by atoms with Gasteiger partial charge in [0.05, 0.1) is 12.4 Å². The summed E-state index contributed by atoms with van der Waals surface area (Å²) in [4.78, 5) is 0. The third-order valence-corrected chi connectivity index (χ3v) is 2.13. The van der Waals surface area contributed by atoms with Gasteiger partial charge in [0, 0.05) is 5.31 Å². The second-order valence-corrected chi connectivity index (χ2v) is 3.06. The molecule has 60 valence electrons. The van der Waals surface area contributed by atoms with Crippen molar-refractivity contribution in [3.63, 3.8) is 0 Å². The zero-order valence-electron chi connectivity index (χ0n) is 6.71. The number of allylic oxidation sites excluding steroid dienone is 5. The largest absolute Gasteiger partial charge is 0.497 e. The Kier molecular flexibility index (Phi) is 3.38. The summed E-state index contributed by atoms with van der Waals surface area (Å²) in [5.41, 5.74) is 0. The molecule has 0 aromatic heterocycles. The van der Waals surface area contributed by atoms with Crippen LogP contribution in [0.1, 0.15) is 13.3 Å². The van der Waals surface area contributed by atoms with E-state index in [1.165, 1.54) is 0 Å². The molecule has 0 bridgehead atoms. The Morgan fingerprint density at radius 2 is 2.27 bits per heavy atom. The lowest BCUT2D eigenvalue weighted by Gasteiger charge is -2.05. The third-order valence-electron chi connectivity index (χ3n) is 1.53. The van der Waals surface area contributed by atoms with E-state index in [0.29, 0.717) is 0 Å². The lowest BCUT2D eigenvalue weighted by molar-refractivity contribution is 0.219. The summed E-state index contributed by atoms with van der Waals surface area (Å²) in [7, 11) is 2.66. The van der Waals surface area contributed by atoms with Gasteiger partial charge in [-0.2, -0.15) is 0 Å². The van der Waals surface area contributed by atoms with Gasteiger partial charge in [-0.05, 0) is 13.3 Å². The highest BCUT2D eigenvalue weighted by molar-refractivity contribution is 7.23. The van der Waals surface area contributed by atoms with E-state index in [1.54, 1.807) is 0 Å². The minimum atomic E-state index is 0.780. The summed E-state index contributed by atoms with van der Waals surface area (Å²) >= 11 is 0.